The molecule has 2 nitrogen and oxygen atoms in total. The highest BCUT2D eigenvalue weighted by Gasteiger charge is 2.05. The van der Waals surface area contributed by atoms with E-state index in [-0.39, 0.29) is 6.61 Å². The normalized spacial score (nSPS) is 13.4. The molecule has 1 aromatic rings. The lowest BCUT2D eigenvalue weighted by Gasteiger charge is -2.03. The number of hydrogen-bond acceptors (Lipinski definition) is 3. The first kappa shape index (κ1) is 7.72. The Kier molecular flexibility index (Phi) is 2.86. The molecule has 0 aromatic carbocycles. The van der Waals surface area contributed by atoms with Gasteiger partial charge in [0.2, 0.25) is 0 Å². The number of hydrogen-bond donors (Lipinski definition) is 2. The van der Waals surface area contributed by atoms with Crippen molar-refractivity contribution < 1.29 is 10.2 Å². The van der Waals surface area contributed by atoms with Crippen LogP contribution in [-0.4, -0.2) is 16.8 Å². The van der Waals surface area contributed by atoms with Crippen LogP contribution < -0.4 is 0 Å². The molecule has 1 heterocycles. The summed E-state index contributed by atoms with van der Waals surface area (Å²) in [4.78, 5) is 0.925. The van der Waals surface area contributed by atoms with Crippen LogP contribution >= 0.6 is 11.3 Å². The van der Waals surface area contributed by atoms with Crippen LogP contribution in [0.1, 0.15) is 17.4 Å². The van der Waals surface area contributed by atoms with Crippen molar-refractivity contribution in [2.24, 2.45) is 0 Å². The van der Waals surface area contributed by atoms with E-state index in [0.717, 1.165) is 4.88 Å². The molecule has 0 spiro atoms. The predicted octanol–water partition coefficient (Wildman–Crippen LogP) is 1.16. The average molecular weight is 158 g/mol. The summed E-state index contributed by atoms with van der Waals surface area (Å²) in [7, 11) is 0. The highest BCUT2D eigenvalue weighted by atomic mass is 32.1. The third-order valence-corrected chi connectivity index (χ3v) is 2.25. The average Bonchev–Trinajstić information content (AvgIpc) is 2.38. The molecule has 0 bridgehead atoms. The van der Waals surface area contributed by atoms with E-state index in [1.54, 1.807) is 0 Å². The van der Waals surface area contributed by atoms with Crippen molar-refractivity contribution in [3.8, 4) is 0 Å². The van der Waals surface area contributed by atoms with Crippen LogP contribution in [0.2, 0.25) is 0 Å². The summed E-state index contributed by atoms with van der Waals surface area (Å²) >= 11 is 1.51. The van der Waals surface area contributed by atoms with Crippen molar-refractivity contribution in [3.05, 3.63) is 22.4 Å². The lowest BCUT2D eigenvalue weighted by Crippen LogP contribution is -1.96. The summed E-state index contributed by atoms with van der Waals surface area (Å²) in [5.41, 5.74) is 0. The van der Waals surface area contributed by atoms with Crippen LogP contribution in [0.3, 0.4) is 0 Å². The van der Waals surface area contributed by atoms with Crippen molar-refractivity contribution in [2.75, 3.05) is 6.61 Å². The SMILES string of the molecule is OCC[C@H](O)c1cccs1. The van der Waals surface area contributed by atoms with E-state index < -0.39 is 6.10 Å². The van der Waals surface area contributed by atoms with Crippen molar-refractivity contribution >= 4 is 11.3 Å². The first-order valence-electron chi connectivity index (χ1n) is 3.17. The molecule has 56 valence electrons. The van der Waals surface area contributed by atoms with E-state index in [4.69, 9.17) is 5.11 Å². The van der Waals surface area contributed by atoms with Gasteiger partial charge in [0.15, 0.2) is 0 Å². The Morgan fingerprint density at radius 1 is 1.60 bits per heavy atom. The van der Waals surface area contributed by atoms with Gasteiger partial charge in [-0.05, 0) is 11.4 Å². The van der Waals surface area contributed by atoms with Gasteiger partial charge in [0, 0.05) is 17.9 Å². The Balaban J connectivity index is 2.50. The number of rotatable bonds is 3. The second-order valence-corrected chi connectivity index (χ2v) is 3.02. The molecule has 2 N–H and O–H groups in total. The minimum absolute atomic E-state index is 0.0407. The van der Waals surface area contributed by atoms with Crippen LogP contribution in [0.4, 0.5) is 0 Å². The van der Waals surface area contributed by atoms with Gasteiger partial charge in [-0.3, -0.25) is 0 Å². The maximum absolute atomic E-state index is 9.26. The predicted molar refractivity (Wildman–Crippen MR) is 41.0 cm³/mol. The first-order chi connectivity index (χ1) is 4.84. The summed E-state index contributed by atoms with van der Waals surface area (Å²) in [6, 6.07) is 3.76. The maximum Gasteiger partial charge on any atom is 0.0903 e. The Morgan fingerprint density at radius 3 is 2.90 bits per heavy atom. The minimum Gasteiger partial charge on any atom is -0.396 e. The van der Waals surface area contributed by atoms with Gasteiger partial charge in [0.1, 0.15) is 0 Å². The first-order valence-corrected chi connectivity index (χ1v) is 4.05. The van der Waals surface area contributed by atoms with Gasteiger partial charge in [0.25, 0.3) is 0 Å². The molecule has 3 heteroatoms. The quantitative estimate of drug-likeness (QED) is 0.693. The fraction of sp³-hybridized carbons (Fsp3) is 0.429. The number of aliphatic hydroxyl groups excluding tert-OH is 2. The zero-order chi connectivity index (χ0) is 7.40. The molecule has 0 amide bonds. The maximum atomic E-state index is 9.26. The standard InChI is InChI=1S/C7H10O2S/c8-4-3-6(9)7-2-1-5-10-7/h1-2,5-6,8-9H,3-4H2/t6-/m0/s1. The zero-order valence-corrected chi connectivity index (χ0v) is 6.34. The van der Waals surface area contributed by atoms with E-state index in [1.165, 1.54) is 11.3 Å². The van der Waals surface area contributed by atoms with Crippen LogP contribution in [0.15, 0.2) is 17.5 Å². The Bertz CT molecular complexity index is 172. The Labute approximate surface area is 63.8 Å². The molecule has 0 fully saturated rings. The van der Waals surface area contributed by atoms with E-state index in [1.807, 2.05) is 17.5 Å². The molecule has 10 heavy (non-hydrogen) atoms. The van der Waals surface area contributed by atoms with Crippen LogP contribution in [-0.2, 0) is 0 Å². The molecule has 0 radical (unpaired) electrons. The van der Waals surface area contributed by atoms with Gasteiger partial charge >= 0.3 is 0 Å². The molecule has 1 aromatic heterocycles. The summed E-state index contributed by atoms with van der Waals surface area (Å²) < 4.78 is 0. The van der Waals surface area contributed by atoms with Crippen molar-refractivity contribution in [1.82, 2.24) is 0 Å². The molecule has 0 unspecified atom stereocenters. The van der Waals surface area contributed by atoms with Gasteiger partial charge in [-0.15, -0.1) is 11.3 Å². The highest BCUT2D eigenvalue weighted by molar-refractivity contribution is 7.10. The van der Waals surface area contributed by atoms with Crippen molar-refractivity contribution in [3.63, 3.8) is 0 Å². The Hall–Kier alpha value is -0.380. The summed E-state index contributed by atoms with van der Waals surface area (Å²) in [5.74, 6) is 0. The van der Waals surface area contributed by atoms with Crippen LogP contribution in [0, 0.1) is 0 Å². The number of aliphatic hydroxyl groups is 2. The minimum atomic E-state index is -0.481. The van der Waals surface area contributed by atoms with E-state index in [2.05, 4.69) is 0 Å². The van der Waals surface area contributed by atoms with Gasteiger partial charge in [-0.25, -0.2) is 0 Å². The summed E-state index contributed by atoms with van der Waals surface area (Å²) in [5, 5.41) is 19.7. The highest BCUT2D eigenvalue weighted by Crippen LogP contribution is 2.20. The molecule has 0 aliphatic heterocycles. The summed E-state index contributed by atoms with van der Waals surface area (Å²) in [6.45, 7) is 0.0407. The summed E-state index contributed by atoms with van der Waals surface area (Å²) in [6.07, 6.45) is -0.0504. The number of thiophene rings is 1. The zero-order valence-electron chi connectivity index (χ0n) is 5.53. The largest absolute Gasteiger partial charge is 0.396 e. The molecule has 0 aliphatic rings. The smallest absolute Gasteiger partial charge is 0.0903 e. The molecule has 0 aliphatic carbocycles. The molecule has 1 rings (SSSR count). The fourth-order valence-electron chi connectivity index (χ4n) is 0.745. The van der Waals surface area contributed by atoms with Gasteiger partial charge in [0.05, 0.1) is 6.10 Å². The third kappa shape index (κ3) is 1.80. The van der Waals surface area contributed by atoms with Crippen LogP contribution in [0.5, 0.6) is 0 Å². The lowest BCUT2D eigenvalue weighted by atomic mass is 10.2. The van der Waals surface area contributed by atoms with Gasteiger partial charge < -0.3 is 10.2 Å². The topological polar surface area (TPSA) is 40.5 Å². The van der Waals surface area contributed by atoms with Gasteiger partial charge in [-0.1, -0.05) is 6.07 Å². The molecular formula is C7H10O2S. The van der Waals surface area contributed by atoms with E-state index in [9.17, 15) is 5.11 Å². The Morgan fingerprint density at radius 2 is 2.40 bits per heavy atom. The monoisotopic (exact) mass is 158 g/mol. The van der Waals surface area contributed by atoms with E-state index in [0.29, 0.717) is 6.42 Å². The van der Waals surface area contributed by atoms with Crippen LogP contribution in [0.25, 0.3) is 0 Å². The van der Waals surface area contributed by atoms with Crippen molar-refractivity contribution in [1.29, 1.82) is 0 Å². The lowest BCUT2D eigenvalue weighted by molar-refractivity contribution is 0.137. The fourth-order valence-corrected chi connectivity index (χ4v) is 1.49. The van der Waals surface area contributed by atoms with E-state index >= 15 is 0 Å². The molecule has 1 atom stereocenters. The third-order valence-electron chi connectivity index (χ3n) is 1.27. The van der Waals surface area contributed by atoms with Gasteiger partial charge in [-0.2, -0.15) is 0 Å². The molecule has 0 saturated heterocycles. The second-order valence-electron chi connectivity index (χ2n) is 2.04. The van der Waals surface area contributed by atoms with Crippen molar-refractivity contribution in [2.45, 2.75) is 12.5 Å². The molecule has 0 saturated carbocycles. The second kappa shape index (κ2) is 3.71. The molecular weight excluding hydrogens is 148 g/mol.